The summed E-state index contributed by atoms with van der Waals surface area (Å²) in [6.07, 6.45) is 0. The van der Waals surface area contributed by atoms with Crippen LogP contribution in [-0.4, -0.2) is 62.5 Å². The van der Waals surface area contributed by atoms with Gasteiger partial charge in [0.15, 0.2) is 0 Å². The number of nitrogens with zero attached hydrogens (tertiary/aromatic N) is 3. The number of hydrogen-bond acceptors (Lipinski definition) is 4. The van der Waals surface area contributed by atoms with Crippen LogP contribution in [0, 0.1) is 0 Å². The maximum Gasteiger partial charge on any atom is 0.242 e. The average molecular weight is 262 g/mol. The highest BCUT2D eigenvalue weighted by Gasteiger charge is 2.20. The number of amides is 1. The Morgan fingerprint density at radius 3 is 2.53 bits per heavy atom. The van der Waals surface area contributed by atoms with Crippen LogP contribution in [0.4, 0.5) is 11.4 Å². The lowest BCUT2D eigenvalue weighted by Gasteiger charge is -2.33. The van der Waals surface area contributed by atoms with Gasteiger partial charge in [0.1, 0.15) is 0 Å². The van der Waals surface area contributed by atoms with E-state index in [1.165, 1.54) is 0 Å². The van der Waals surface area contributed by atoms with E-state index >= 15 is 0 Å². The van der Waals surface area contributed by atoms with Crippen LogP contribution in [-0.2, 0) is 4.79 Å². The highest BCUT2D eigenvalue weighted by atomic mass is 16.2. The van der Waals surface area contributed by atoms with Crippen molar-refractivity contribution in [3.05, 3.63) is 24.3 Å². The maximum absolute atomic E-state index is 12.2. The van der Waals surface area contributed by atoms with E-state index in [1.807, 2.05) is 41.1 Å². The summed E-state index contributed by atoms with van der Waals surface area (Å²) in [5.74, 6) is 0.166. The molecule has 19 heavy (non-hydrogen) atoms. The molecule has 1 amide bonds. The smallest absolute Gasteiger partial charge is 0.242 e. The minimum atomic E-state index is 0.166. The number of piperazine rings is 1. The van der Waals surface area contributed by atoms with Crippen molar-refractivity contribution in [3.63, 3.8) is 0 Å². The van der Waals surface area contributed by atoms with Crippen molar-refractivity contribution in [2.75, 3.05) is 57.5 Å². The van der Waals surface area contributed by atoms with Gasteiger partial charge in [0.2, 0.25) is 5.91 Å². The second kappa shape index (κ2) is 5.93. The Balaban J connectivity index is 1.94. The minimum Gasteiger partial charge on any atom is -0.397 e. The number of carbonyl (C=O) groups is 1. The zero-order valence-electron chi connectivity index (χ0n) is 11.7. The molecule has 1 aliphatic heterocycles. The summed E-state index contributed by atoms with van der Waals surface area (Å²) < 4.78 is 0. The van der Waals surface area contributed by atoms with Crippen LogP contribution in [0.1, 0.15) is 0 Å². The van der Waals surface area contributed by atoms with Gasteiger partial charge in [0.05, 0.1) is 17.9 Å². The van der Waals surface area contributed by atoms with E-state index in [2.05, 4.69) is 11.9 Å². The van der Waals surface area contributed by atoms with Crippen LogP contribution in [0.5, 0.6) is 0 Å². The minimum absolute atomic E-state index is 0.166. The number of carbonyl (C=O) groups excluding carboxylic acids is 1. The summed E-state index contributed by atoms with van der Waals surface area (Å²) in [7, 11) is 3.98. The number of rotatable bonds is 3. The molecule has 0 saturated carbocycles. The Morgan fingerprint density at radius 1 is 1.26 bits per heavy atom. The molecule has 1 aromatic rings. The first kappa shape index (κ1) is 13.7. The van der Waals surface area contributed by atoms with Gasteiger partial charge < -0.3 is 20.4 Å². The summed E-state index contributed by atoms with van der Waals surface area (Å²) >= 11 is 0. The van der Waals surface area contributed by atoms with Crippen LogP contribution in [0.2, 0.25) is 0 Å². The number of hydrogen-bond donors (Lipinski definition) is 1. The van der Waals surface area contributed by atoms with E-state index in [-0.39, 0.29) is 5.91 Å². The number of para-hydroxylation sites is 2. The SMILES string of the molecule is CN1CCN(C(=O)CN(C)c2ccccc2N)CC1. The van der Waals surface area contributed by atoms with Gasteiger partial charge in [-0.3, -0.25) is 4.79 Å². The first-order chi connectivity index (χ1) is 9.08. The van der Waals surface area contributed by atoms with E-state index in [4.69, 9.17) is 5.73 Å². The number of nitrogens with two attached hydrogens (primary N) is 1. The number of likely N-dealkylation sites (N-methyl/N-ethyl adjacent to an activating group) is 2. The topological polar surface area (TPSA) is 52.8 Å². The quantitative estimate of drug-likeness (QED) is 0.805. The third kappa shape index (κ3) is 3.38. The average Bonchev–Trinajstić information content (AvgIpc) is 2.39. The van der Waals surface area contributed by atoms with Gasteiger partial charge in [-0.05, 0) is 19.2 Å². The normalized spacial score (nSPS) is 16.4. The van der Waals surface area contributed by atoms with Crippen molar-refractivity contribution in [3.8, 4) is 0 Å². The third-order valence-corrected chi connectivity index (χ3v) is 3.58. The fourth-order valence-electron chi connectivity index (χ4n) is 2.28. The molecule has 0 unspecified atom stereocenters. The molecule has 1 heterocycles. The standard InChI is InChI=1S/C14H22N4O/c1-16-7-9-18(10-8-16)14(19)11-17(2)13-6-4-3-5-12(13)15/h3-6H,7-11,15H2,1-2H3. The fraction of sp³-hybridized carbons (Fsp3) is 0.500. The van der Waals surface area contributed by atoms with E-state index in [9.17, 15) is 4.79 Å². The Bertz CT molecular complexity index is 441. The number of nitrogen functional groups attached to an aromatic ring is 1. The van der Waals surface area contributed by atoms with Crippen molar-refractivity contribution in [2.45, 2.75) is 0 Å². The number of benzene rings is 1. The highest BCUT2D eigenvalue weighted by molar-refractivity contribution is 5.83. The summed E-state index contributed by atoms with van der Waals surface area (Å²) in [5.41, 5.74) is 7.53. The maximum atomic E-state index is 12.2. The van der Waals surface area contributed by atoms with Crippen LogP contribution < -0.4 is 10.6 Å². The Kier molecular flexibility index (Phi) is 4.27. The molecule has 0 radical (unpaired) electrons. The summed E-state index contributed by atoms with van der Waals surface area (Å²) in [6, 6.07) is 7.62. The predicted octanol–water partition coefficient (Wildman–Crippen LogP) is 0.479. The van der Waals surface area contributed by atoms with Gasteiger partial charge in [0.25, 0.3) is 0 Å². The van der Waals surface area contributed by atoms with E-state index in [1.54, 1.807) is 0 Å². The molecular weight excluding hydrogens is 240 g/mol. The molecule has 5 heteroatoms. The molecular formula is C14H22N4O. The van der Waals surface area contributed by atoms with Crippen LogP contribution in [0.25, 0.3) is 0 Å². The van der Waals surface area contributed by atoms with Gasteiger partial charge in [-0.1, -0.05) is 12.1 Å². The van der Waals surface area contributed by atoms with E-state index < -0.39 is 0 Å². The molecule has 104 valence electrons. The highest BCUT2D eigenvalue weighted by Crippen LogP contribution is 2.20. The van der Waals surface area contributed by atoms with Gasteiger partial charge in [-0.2, -0.15) is 0 Å². The molecule has 1 saturated heterocycles. The van der Waals surface area contributed by atoms with Gasteiger partial charge in [-0.15, -0.1) is 0 Å². The van der Waals surface area contributed by atoms with Crippen LogP contribution >= 0.6 is 0 Å². The van der Waals surface area contributed by atoms with Crippen molar-refractivity contribution in [2.24, 2.45) is 0 Å². The number of anilines is 2. The molecule has 0 atom stereocenters. The van der Waals surface area contributed by atoms with Crippen molar-refractivity contribution >= 4 is 17.3 Å². The third-order valence-electron chi connectivity index (χ3n) is 3.58. The lowest BCUT2D eigenvalue weighted by atomic mass is 10.2. The largest absolute Gasteiger partial charge is 0.397 e. The second-order valence-corrected chi connectivity index (χ2v) is 5.10. The molecule has 1 aromatic carbocycles. The lowest BCUT2D eigenvalue weighted by Crippen LogP contribution is -2.49. The summed E-state index contributed by atoms with van der Waals surface area (Å²) in [6.45, 7) is 3.89. The molecule has 0 spiro atoms. The Hall–Kier alpha value is -1.75. The molecule has 2 rings (SSSR count). The second-order valence-electron chi connectivity index (χ2n) is 5.10. The molecule has 5 nitrogen and oxygen atoms in total. The summed E-state index contributed by atoms with van der Waals surface area (Å²) in [4.78, 5) is 18.3. The van der Waals surface area contributed by atoms with Crippen molar-refractivity contribution in [1.29, 1.82) is 0 Å². The molecule has 0 bridgehead atoms. The van der Waals surface area contributed by atoms with Crippen LogP contribution in [0.3, 0.4) is 0 Å². The molecule has 2 N–H and O–H groups in total. The zero-order valence-corrected chi connectivity index (χ0v) is 11.7. The molecule has 1 fully saturated rings. The lowest BCUT2D eigenvalue weighted by molar-refractivity contribution is -0.131. The van der Waals surface area contributed by atoms with E-state index in [0.29, 0.717) is 12.2 Å². The molecule has 1 aliphatic rings. The van der Waals surface area contributed by atoms with Crippen molar-refractivity contribution < 1.29 is 4.79 Å². The first-order valence-corrected chi connectivity index (χ1v) is 6.60. The van der Waals surface area contributed by atoms with Crippen LogP contribution in [0.15, 0.2) is 24.3 Å². The van der Waals surface area contributed by atoms with E-state index in [0.717, 1.165) is 31.9 Å². The van der Waals surface area contributed by atoms with Gasteiger partial charge in [0, 0.05) is 33.2 Å². The first-order valence-electron chi connectivity index (χ1n) is 6.60. The summed E-state index contributed by atoms with van der Waals surface area (Å²) in [5, 5.41) is 0. The van der Waals surface area contributed by atoms with Gasteiger partial charge >= 0.3 is 0 Å². The monoisotopic (exact) mass is 262 g/mol. The predicted molar refractivity (Wildman–Crippen MR) is 78.2 cm³/mol. The van der Waals surface area contributed by atoms with Crippen molar-refractivity contribution in [1.82, 2.24) is 9.80 Å². The molecule has 0 aromatic heterocycles. The fourth-order valence-corrected chi connectivity index (χ4v) is 2.28. The Morgan fingerprint density at radius 2 is 1.89 bits per heavy atom. The Labute approximate surface area is 114 Å². The van der Waals surface area contributed by atoms with Gasteiger partial charge in [-0.25, -0.2) is 0 Å². The molecule has 0 aliphatic carbocycles. The zero-order chi connectivity index (χ0) is 13.8.